The molecule has 1 aliphatic rings. The van der Waals surface area contributed by atoms with Gasteiger partial charge >= 0.3 is 0 Å². The van der Waals surface area contributed by atoms with E-state index in [1.807, 2.05) is 6.20 Å². The Morgan fingerprint density at radius 2 is 2.30 bits per heavy atom. The molecule has 2 unspecified atom stereocenters. The summed E-state index contributed by atoms with van der Waals surface area (Å²) in [5, 5.41) is 3.65. The van der Waals surface area contributed by atoms with Crippen molar-refractivity contribution in [2.45, 2.75) is 64.5 Å². The highest BCUT2D eigenvalue weighted by atomic mass is 16.5. The number of aryl methyl sites for hydroxylation is 1. The fourth-order valence-corrected chi connectivity index (χ4v) is 2.77. The van der Waals surface area contributed by atoms with E-state index in [0.717, 1.165) is 32.4 Å². The molecule has 2 atom stereocenters. The third kappa shape index (κ3) is 4.88. The SMILES string of the molecule is CCCNC(Cc1ccc(CC)cn1)CC1CCCO1. The largest absolute Gasteiger partial charge is 0.378 e. The summed E-state index contributed by atoms with van der Waals surface area (Å²) in [6.07, 6.45) is 9.23. The van der Waals surface area contributed by atoms with E-state index in [1.54, 1.807) is 0 Å². The van der Waals surface area contributed by atoms with E-state index in [-0.39, 0.29) is 0 Å². The molecule has 1 fully saturated rings. The fourth-order valence-electron chi connectivity index (χ4n) is 2.77. The zero-order valence-electron chi connectivity index (χ0n) is 12.9. The molecule has 3 heteroatoms. The Balaban J connectivity index is 1.90. The molecule has 0 radical (unpaired) electrons. The summed E-state index contributed by atoms with van der Waals surface area (Å²) in [6, 6.07) is 4.86. The lowest BCUT2D eigenvalue weighted by Gasteiger charge is -2.21. The molecule has 112 valence electrons. The number of rotatable bonds is 8. The highest BCUT2D eigenvalue weighted by Gasteiger charge is 2.21. The summed E-state index contributed by atoms with van der Waals surface area (Å²) in [4.78, 5) is 4.59. The molecular weight excluding hydrogens is 248 g/mol. The molecule has 20 heavy (non-hydrogen) atoms. The van der Waals surface area contributed by atoms with E-state index < -0.39 is 0 Å². The first-order chi connectivity index (χ1) is 9.81. The van der Waals surface area contributed by atoms with Gasteiger partial charge in [0, 0.05) is 31.0 Å². The van der Waals surface area contributed by atoms with Crippen LogP contribution in [0.15, 0.2) is 18.3 Å². The zero-order chi connectivity index (χ0) is 14.2. The van der Waals surface area contributed by atoms with Gasteiger partial charge in [-0.3, -0.25) is 4.98 Å². The van der Waals surface area contributed by atoms with Crippen LogP contribution in [0.5, 0.6) is 0 Å². The Labute approximate surface area is 123 Å². The van der Waals surface area contributed by atoms with E-state index in [4.69, 9.17) is 4.74 Å². The van der Waals surface area contributed by atoms with Crippen LogP contribution in [-0.4, -0.2) is 30.3 Å². The Morgan fingerprint density at radius 1 is 1.40 bits per heavy atom. The van der Waals surface area contributed by atoms with Crippen molar-refractivity contribution < 1.29 is 4.74 Å². The Morgan fingerprint density at radius 3 is 2.90 bits per heavy atom. The lowest BCUT2D eigenvalue weighted by molar-refractivity contribution is 0.0945. The third-order valence-corrected chi connectivity index (χ3v) is 4.00. The third-order valence-electron chi connectivity index (χ3n) is 4.00. The molecule has 0 spiro atoms. The number of pyridine rings is 1. The highest BCUT2D eigenvalue weighted by Crippen LogP contribution is 2.18. The predicted octanol–water partition coefficient (Wildman–Crippen LogP) is 3.12. The molecule has 0 bridgehead atoms. The van der Waals surface area contributed by atoms with Crippen molar-refractivity contribution in [1.29, 1.82) is 0 Å². The van der Waals surface area contributed by atoms with Crippen molar-refractivity contribution in [2.75, 3.05) is 13.2 Å². The number of aromatic nitrogens is 1. The molecule has 0 saturated carbocycles. The van der Waals surface area contributed by atoms with Gasteiger partial charge in [-0.05, 0) is 50.3 Å². The summed E-state index contributed by atoms with van der Waals surface area (Å²) in [5.74, 6) is 0. The minimum atomic E-state index is 0.444. The van der Waals surface area contributed by atoms with Crippen LogP contribution in [0.4, 0.5) is 0 Å². The van der Waals surface area contributed by atoms with Gasteiger partial charge in [-0.25, -0.2) is 0 Å². The summed E-state index contributed by atoms with van der Waals surface area (Å²) >= 11 is 0. The molecule has 0 aliphatic carbocycles. The second-order valence-corrected chi connectivity index (χ2v) is 5.74. The number of nitrogens with zero attached hydrogens (tertiary/aromatic N) is 1. The van der Waals surface area contributed by atoms with Gasteiger partial charge in [0.2, 0.25) is 0 Å². The average molecular weight is 276 g/mol. The summed E-state index contributed by atoms with van der Waals surface area (Å²) in [5.41, 5.74) is 2.50. The molecular formula is C17H28N2O. The summed E-state index contributed by atoms with van der Waals surface area (Å²) in [7, 11) is 0. The van der Waals surface area contributed by atoms with Crippen molar-refractivity contribution in [3.8, 4) is 0 Å². The molecule has 0 amide bonds. The first-order valence-electron chi connectivity index (χ1n) is 8.10. The Hall–Kier alpha value is -0.930. The lowest BCUT2D eigenvalue weighted by atomic mass is 10.0. The normalized spacial score (nSPS) is 20.2. The molecule has 1 aromatic rings. The van der Waals surface area contributed by atoms with Crippen LogP contribution in [0.3, 0.4) is 0 Å². The van der Waals surface area contributed by atoms with Crippen LogP contribution in [0.2, 0.25) is 0 Å². The highest BCUT2D eigenvalue weighted by molar-refractivity contribution is 5.14. The van der Waals surface area contributed by atoms with Gasteiger partial charge in [0.15, 0.2) is 0 Å². The second-order valence-electron chi connectivity index (χ2n) is 5.74. The topological polar surface area (TPSA) is 34.2 Å². The van der Waals surface area contributed by atoms with Crippen molar-refractivity contribution in [1.82, 2.24) is 10.3 Å². The smallest absolute Gasteiger partial charge is 0.0591 e. The molecule has 3 nitrogen and oxygen atoms in total. The first kappa shape index (κ1) is 15.5. The van der Waals surface area contributed by atoms with Gasteiger partial charge in [0.1, 0.15) is 0 Å². The second kappa shape index (κ2) is 8.38. The van der Waals surface area contributed by atoms with Gasteiger partial charge in [0.25, 0.3) is 0 Å². The Bertz CT molecular complexity index is 371. The van der Waals surface area contributed by atoms with Crippen LogP contribution in [-0.2, 0) is 17.6 Å². The van der Waals surface area contributed by atoms with E-state index >= 15 is 0 Å². The fraction of sp³-hybridized carbons (Fsp3) is 0.706. The molecule has 0 aromatic carbocycles. The van der Waals surface area contributed by atoms with Crippen molar-refractivity contribution >= 4 is 0 Å². The van der Waals surface area contributed by atoms with Crippen LogP contribution in [0.25, 0.3) is 0 Å². The van der Waals surface area contributed by atoms with Gasteiger partial charge < -0.3 is 10.1 Å². The van der Waals surface area contributed by atoms with E-state index in [0.29, 0.717) is 12.1 Å². The van der Waals surface area contributed by atoms with Crippen LogP contribution in [0, 0.1) is 0 Å². The van der Waals surface area contributed by atoms with Crippen LogP contribution >= 0.6 is 0 Å². The summed E-state index contributed by atoms with van der Waals surface area (Å²) in [6.45, 7) is 6.39. The average Bonchev–Trinajstić information content (AvgIpc) is 2.98. The Kier molecular flexibility index (Phi) is 6.48. The lowest BCUT2D eigenvalue weighted by Crippen LogP contribution is -2.35. The number of nitrogens with one attached hydrogen (secondary N) is 1. The first-order valence-corrected chi connectivity index (χ1v) is 8.10. The molecule has 1 N–H and O–H groups in total. The zero-order valence-corrected chi connectivity index (χ0v) is 12.9. The monoisotopic (exact) mass is 276 g/mol. The number of ether oxygens (including phenoxy) is 1. The molecule has 1 aromatic heterocycles. The minimum absolute atomic E-state index is 0.444. The maximum Gasteiger partial charge on any atom is 0.0591 e. The van der Waals surface area contributed by atoms with Crippen LogP contribution in [0.1, 0.15) is 50.8 Å². The quantitative estimate of drug-likeness (QED) is 0.792. The summed E-state index contributed by atoms with van der Waals surface area (Å²) < 4.78 is 5.78. The number of hydrogen-bond donors (Lipinski definition) is 1. The van der Waals surface area contributed by atoms with Gasteiger partial charge in [-0.2, -0.15) is 0 Å². The van der Waals surface area contributed by atoms with Crippen molar-refractivity contribution in [3.63, 3.8) is 0 Å². The predicted molar refractivity (Wildman–Crippen MR) is 83.0 cm³/mol. The van der Waals surface area contributed by atoms with Crippen molar-refractivity contribution in [2.24, 2.45) is 0 Å². The van der Waals surface area contributed by atoms with Crippen LogP contribution < -0.4 is 5.32 Å². The minimum Gasteiger partial charge on any atom is -0.378 e. The van der Waals surface area contributed by atoms with Gasteiger partial charge in [0.05, 0.1) is 6.10 Å². The number of hydrogen-bond acceptors (Lipinski definition) is 3. The van der Waals surface area contributed by atoms with Crippen molar-refractivity contribution in [3.05, 3.63) is 29.6 Å². The standard InChI is InChI=1S/C17H28N2O/c1-3-9-18-16(12-17-6-5-10-20-17)11-15-8-7-14(4-2)13-19-15/h7-8,13,16-18H,3-6,9-12H2,1-2H3. The maximum atomic E-state index is 5.78. The molecule has 2 rings (SSSR count). The maximum absolute atomic E-state index is 5.78. The van der Waals surface area contributed by atoms with Gasteiger partial charge in [-0.1, -0.05) is 19.9 Å². The van der Waals surface area contributed by atoms with E-state index in [9.17, 15) is 0 Å². The molecule has 1 saturated heterocycles. The van der Waals surface area contributed by atoms with E-state index in [2.05, 4.69) is 36.3 Å². The molecule has 2 heterocycles. The van der Waals surface area contributed by atoms with Gasteiger partial charge in [-0.15, -0.1) is 0 Å². The molecule has 1 aliphatic heterocycles. The van der Waals surface area contributed by atoms with E-state index in [1.165, 1.54) is 30.5 Å².